The molecule has 0 aliphatic carbocycles. The van der Waals surface area contributed by atoms with E-state index in [0.29, 0.717) is 31.4 Å². The first-order valence-corrected chi connectivity index (χ1v) is 5.94. The van der Waals surface area contributed by atoms with Crippen molar-refractivity contribution in [1.82, 2.24) is 15.3 Å². The van der Waals surface area contributed by atoms with E-state index in [9.17, 15) is 4.79 Å². The van der Waals surface area contributed by atoms with Gasteiger partial charge in [-0.25, -0.2) is 9.97 Å². The first kappa shape index (κ1) is 12.6. The van der Waals surface area contributed by atoms with Gasteiger partial charge in [-0.15, -0.1) is 0 Å². The molecule has 1 saturated heterocycles. The maximum absolute atomic E-state index is 11.4. The van der Waals surface area contributed by atoms with Crippen LogP contribution in [0.2, 0.25) is 0 Å². The highest BCUT2D eigenvalue weighted by Crippen LogP contribution is 2.19. The van der Waals surface area contributed by atoms with Crippen LogP contribution in [-0.2, 0) is 4.79 Å². The molecule has 1 fully saturated rings. The third-order valence-corrected chi connectivity index (χ3v) is 2.79. The van der Waals surface area contributed by atoms with Gasteiger partial charge >= 0.3 is 0 Å². The lowest BCUT2D eigenvalue weighted by atomic mass is 10.2. The highest BCUT2D eigenvalue weighted by molar-refractivity contribution is 5.83. The lowest BCUT2D eigenvalue weighted by Gasteiger charge is -2.34. The molecule has 7 nitrogen and oxygen atoms in total. The summed E-state index contributed by atoms with van der Waals surface area (Å²) in [6, 6.07) is 1.34. The Morgan fingerprint density at radius 3 is 3.22 bits per heavy atom. The summed E-state index contributed by atoms with van der Waals surface area (Å²) in [4.78, 5) is 21.5. The molecule has 18 heavy (non-hydrogen) atoms. The molecule has 1 amide bonds. The maximum atomic E-state index is 11.4. The number of hydrogen-bond acceptors (Lipinski definition) is 6. The van der Waals surface area contributed by atoms with Crippen molar-refractivity contribution in [3.05, 3.63) is 12.4 Å². The number of primary amides is 1. The summed E-state index contributed by atoms with van der Waals surface area (Å²) < 4.78 is 5.32. The average Bonchev–Trinajstić information content (AvgIpc) is 2.39. The van der Waals surface area contributed by atoms with Gasteiger partial charge in [-0.05, 0) is 6.92 Å². The number of rotatable bonds is 4. The molecule has 1 aliphatic rings. The topological polar surface area (TPSA) is 93.4 Å². The van der Waals surface area contributed by atoms with Crippen molar-refractivity contribution in [1.29, 1.82) is 0 Å². The number of hydrogen-bond donors (Lipinski definition) is 2. The number of nitrogens with one attached hydrogen (secondary N) is 1. The Morgan fingerprint density at radius 2 is 2.50 bits per heavy atom. The van der Waals surface area contributed by atoms with Gasteiger partial charge < -0.3 is 20.7 Å². The summed E-state index contributed by atoms with van der Waals surface area (Å²) in [7, 11) is 0. The van der Waals surface area contributed by atoms with E-state index in [0.717, 1.165) is 6.54 Å². The average molecular weight is 251 g/mol. The van der Waals surface area contributed by atoms with Crippen LogP contribution in [0.5, 0.6) is 5.88 Å². The Balaban J connectivity index is 2.22. The minimum Gasteiger partial charge on any atom is -0.478 e. The molecule has 98 valence electrons. The van der Waals surface area contributed by atoms with Crippen LogP contribution in [0, 0.1) is 0 Å². The second-order valence-electron chi connectivity index (χ2n) is 3.96. The van der Waals surface area contributed by atoms with E-state index in [-0.39, 0.29) is 11.9 Å². The van der Waals surface area contributed by atoms with Crippen LogP contribution in [0.4, 0.5) is 5.82 Å². The van der Waals surface area contributed by atoms with Crippen LogP contribution < -0.4 is 20.7 Å². The molecule has 0 saturated carbocycles. The molecule has 0 aromatic carbocycles. The van der Waals surface area contributed by atoms with Crippen LogP contribution in [0.1, 0.15) is 6.92 Å². The van der Waals surface area contributed by atoms with Crippen LogP contribution in [0.25, 0.3) is 0 Å². The molecule has 0 bridgehead atoms. The summed E-state index contributed by atoms with van der Waals surface area (Å²) in [6.45, 7) is 4.42. The van der Waals surface area contributed by atoms with Crippen molar-refractivity contribution in [2.24, 2.45) is 5.73 Å². The number of amides is 1. The Morgan fingerprint density at radius 1 is 1.67 bits per heavy atom. The number of nitrogens with zero attached hydrogens (tertiary/aromatic N) is 3. The van der Waals surface area contributed by atoms with Gasteiger partial charge in [-0.2, -0.15) is 0 Å². The Kier molecular flexibility index (Phi) is 3.93. The van der Waals surface area contributed by atoms with Gasteiger partial charge in [0.25, 0.3) is 0 Å². The van der Waals surface area contributed by atoms with Crippen LogP contribution in [-0.4, -0.2) is 48.2 Å². The fourth-order valence-corrected chi connectivity index (χ4v) is 1.95. The lowest BCUT2D eigenvalue weighted by molar-refractivity contribution is -0.119. The number of anilines is 1. The highest BCUT2D eigenvalue weighted by atomic mass is 16.5. The second kappa shape index (κ2) is 5.63. The molecular weight excluding hydrogens is 234 g/mol. The van der Waals surface area contributed by atoms with Gasteiger partial charge in [0.15, 0.2) is 0 Å². The van der Waals surface area contributed by atoms with Crippen molar-refractivity contribution >= 4 is 11.7 Å². The van der Waals surface area contributed by atoms with E-state index in [1.807, 2.05) is 11.8 Å². The van der Waals surface area contributed by atoms with Crippen LogP contribution in [0.15, 0.2) is 12.4 Å². The molecule has 1 aromatic rings. The fraction of sp³-hybridized carbons (Fsp3) is 0.545. The zero-order valence-electron chi connectivity index (χ0n) is 10.3. The number of ether oxygens (including phenoxy) is 1. The Labute approximate surface area is 105 Å². The number of nitrogens with two attached hydrogens (primary N) is 1. The van der Waals surface area contributed by atoms with Gasteiger partial charge in [0.1, 0.15) is 18.2 Å². The standard InChI is InChI=1S/C11H17N5O2/c1-2-18-10-5-9(14-7-15-10)16-4-3-13-6-8(16)11(12)17/h5,7-8,13H,2-4,6H2,1H3,(H2,12,17). The molecule has 0 spiro atoms. The Bertz CT molecular complexity index is 426. The summed E-state index contributed by atoms with van der Waals surface area (Å²) in [5.41, 5.74) is 5.40. The van der Waals surface area contributed by atoms with Gasteiger partial charge in [0.2, 0.25) is 11.8 Å². The van der Waals surface area contributed by atoms with E-state index in [2.05, 4.69) is 15.3 Å². The quantitative estimate of drug-likeness (QED) is 0.723. The van der Waals surface area contributed by atoms with Gasteiger partial charge in [-0.3, -0.25) is 4.79 Å². The number of carbonyl (C=O) groups is 1. The summed E-state index contributed by atoms with van der Waals surface area (Å²) in [5, 5.41) is 3.14. The molecular formula is C11H17N5O2. The Hall–Kier alpha value is -1.89. The lowest BCUT2D eigenvalue weighted by Crippen LogP contribution is -2.57. The largest absolute Gasteiger partial charge is 0.478 e. The SMILES string of the molecule is CCOc1cc(N2CCNCC2C(N)=O)ncn1. The van der Waals surface area contributed by atoms with Crippen LogP contribution in [0.3, 0.4) is 0 Å². The van der Waals surface area contributed by atoms with E-state index < -0.39 is 0 Å². The number of carbonyl (C=O) groups excluding carboxylic acids is 1. The third kappa shape index (κ3) is 2.67. The maximum Gasteiger partial charge on any atom is 0.241 e. The number of aromatic nitrogens is 2. The van der Waals surface area contributed by atoms with Gasteiger partial charge in [-0.1, -0.05) is 0 Å². The number of piperazine rings is 1. The first-order valence-electron chi connectivity index (χ1n) is 5.94. The van der Waals surface area contributed by atoms with Gasteiger partial charge in [0, 0.05) is 25.7 Å². The normalized spacial score (nSPS) is 19.6. The zero-order valence-corrected chi connectivity index (χ0v) is 10.3. The zero-order chi connectivity index (χ0) is 13.0. The molecule has 2 rings (SSSR count). The van der Waals surface area contributed by atoms with Crippen molar-refractivity contribution in [2.75, 3.05) is 31.1 Å². The van der Waals surface area contributed by atoms with E-state index in [1.165, 1.54) is 6.33 Å². The van der Waals surface area contributed by atoms with Gasteiger partial charge in [0.05, 0.1) is 6.61 Å². The molecule has 0 radical (unpaired) electrons. The van der Waals surface area contributed by atoms with Crippen LogP contribution >= 0.6 is 0 Å². The smallest absolute Gasteiger partial charge is 0.241 e. The fourth-order valence-electron chi connectivity index (χ4n) is 1.95. The molecule has 7 heteroatoms. The van der Waals surface area contributed by atoms with E-state index in [1.54, 1.807) is 6.07 Å². The second-order valence-corrected chi connectivity index (χ2v) is 3.96. The van der Waals surface area contributed by atoms with Crippen molar-refractivity contribution in [3.63, 3.8) is 0 Å². The molecule has 3 N–H and O–H groups in total. The molecule has 1 aromatic heterocycles. The van der Waals surface area contributed by atoms with E-state index >= 15 is 0 Å². The molecule has 1 unspecified atom stereocenters. The first-order chi connectivity index (χ1) is 8.72. The summed E-state index contributed by atoms with van der Waals surface area (Å²) in [5.74, 6) is 0.807. The predicted octanol–water partition coefficient (Wildman–Crippen LogP) is -0.861. The van der Waals surface area contributed by atoms with Crippen molar-refractivity contribution < 1.29 is 9.53 Å². The predicted molar refractivity (Wildman–Crippen MR) is 66.4 cm³/mol. The summed E-state index contributed by atoms with van der Waals surface area (Å²) in [6.07, 6.45) is 1.43. The highest BCUT2D eigenvalue weighted by Gasteiger charge is 2.28. The molecule has 2 heterocycles. The molecule has 1 aliphatic heterocycles. The van der Waals surface area contributed by atoms with Crippen molar-refractivity contribution in [2.45, 2.75) is 13.0 Å². The summed E-state index contributed by atoms with van der Waals surface area (Å²) >= 11 is 0. The monoisotopic (exact) mass is 251 g/mol. The van der Waals surface area contributed by atoms with Crippen molar-refractivity contribution in [3.8, 4) is 5.88 Å². The minimum atomic E-state index is -0.386. The third-order valence-electron chi connectivity index (χ3n) is 2.79. The molecule has 1 atom stereocenters. The minimum absolute atomic E-state index is 0.362. The van der Waals surface area contributed by atoms with E-state index in [4.69, 9.17) is 10.5 Å².